The molecular formula is C11H11N3O4. The van der Waals surface area contributed by atoms with Crippen LogP contribution in [0.4, 0.5) is 10.6 Å². The van der Waals surface area contributed by atoms with Crippen LogP contribution < -0.4 is 0 Å². The summed E-state index contributed by atoms with van der Waals surface area (Å²) in [6.07, 6.45) is 1.46. The highest BCUT2D eigenvalue weighted by Crippen LogP contribution is 2.21. The number of nitrogens with zero attached hydrogens (tertiary/aromatic N) is 3. The minimum Gasteiger partial charge on any atom is -0.465 e. The van der Waals surface area contributed by atoms with Gasteiger partial charge in [0.25, 0.3) is 0 Å². The Hall–Kier alpha value is -2.44. The second kappa shape index (κ2) is 4.82. The molecule has 1 aromatic heterocycles. The van der Waals surface area contributed by atoms with Gasteiger partial charge in [-0.15, -0.1) is 0 Å². The van der Waals surface area contributed by atoms with Crippen molar-refractivity contribution in [1.29, 1.82) is 0 Å². The van der Waals surface area contributed by atoms with Crippen molar-refractivity contribution in [2.45, 2.75) is 6.42 Å². The van der Waals surface area contributed by atoms with Gasteiger partial charge in [0.05, 0.1) is 6.54 Å². The van der Waals surface area contributed by atoms with Crippen LogP contribution in [0.1, 0.15) is 12.1 Å². The maximum Gasteiger partial charge on any atom is 0.407 e. The van der Waals surface area contributed by atoms with Crippen molar-refractivity contribution >= 4 is 17.5 Å². The summed E-state index contributed by atoms with van der Waals surface area (Å²) in [7, 11) is 0. The number of hydrogen-bond donors (Lipinski definition) is 1. The summed E-state index contributed by atoms with van der Waals surface area (Å²) in [5, 5.41) is 19.5. The summed E-state index contributed by atoms with van der Waals surface area (Å²) in [5.41, 5.74) is 1.16. The number of amides is 1. The van der Waals surface area contributed by atoms with E-state index in [0.717, 1.165) is 0 Å². The molecule has 0 saturated carbocycles. The molecule has 7 heteroatoms. The lowest BCUT2D eigenvalue weighted by Gasteiger charge is -2.23. The topological polar surface area (TPSA) is 96.6 Å². The fraction of sp³-hybridized carbons (Fsp3) is 0.273. The molecule has 0 fully saturated rings. The van der Waals surface area contributed by atoms with E-state index >= 15 is 0 Å². The molecule has 0 spiro atoms. The molecule has 94 valence electrons. The lowest BCUT2D eigenvalue weighted by Crippen LogP contribution is -2.34. The van der Waals surface area contributed by atoms with E-state index in [-0.39, 0.29) is 12.4 Å². The Morgan fingerprint density at radius 1 is 1.50 bits per heavy atom. The summed E-state index contributed by atoms with van der Waals surface area (Å²) < 4.78 is 0. The van der Waals surface area contributed by atoms with E-state index in [1.54, 1.807) is 12.1 Å². The van der Waals surface area contributed by atoms with Gasteiger partial charge in [-0.05, 0) is 28.5 Å². The van der Waals surface area contributed by atoms with Crippen molar-refractivity contribution in [3.8, 4) is 0 Å². The van der Waals surface area contributed by atoms with Gasteiger partial charge < -0.3 is 20.1 Å². The van der Waals surface area contributed by atoms with Crippen molar-refractivity contribution in [3.63, 3.8) is 0 Å². The molecule has 1 aliphatic rings. The van der Waals surface area contributed by atoms with Gasteiger partial charge in [-0.2, -0.15) is 0 Å². The van der Waals surface area contributed by atoms with Crippen molar-refractivity contribution in [2.24, 2.45) is 0 Å². The van der Waals surface area contributed by atoms with Crippen LogP contribution in [0, 0.1) is 10.1 Å². The zero-order valence-electron chi connectivity index (χ0n) is 9.44. The van der Waals surface area contributed by atoms with E-state index < -0.39 is 11.0 Å². The summed E-state index contributed by atoms with van der Waals surface area (Å²) >= 11 is 0. The third kappa shape index (κ3) is 2.45. The van der Waals surface area contributed by atoms with Crippen LogP contribution in [0.3, 0.4) is 0 Å². The molecule has 0 aromatic carbocycles. The Bertz CT molecular complexity index is 527. The monoisotopic (exact) mass is 249 g/mol. The highest BCUT2D eigenvalue weighted by molar-refractivity contribution is 5.73. The van der Waals surface area contributed by atoms with Crippen LogP contribution in [0.15, 0.2) is 24.3 Å². The Kier molecular flexibility index (Phi) is 3.22. The first-order valence-corrected chi connectivity index (χ1v) is 5.36. The van der Waals surface area contributed by atoms with Gasteiger partial charge in [-0.1, -0.05) is 6.08 Å². The van der Waals surface area contributed by atoms with Gasteiger partial charge in [0.2, 0.25) is 0 Å². The van der Waals surface area contributed by atoms with Crippen molar-refractivity contribution in [3.05, 3.63) is 40.1 Å². The summed E-state index contributed by atoms with van der Waals surface area (Å²) in [6, 6.07) is 4.49. The molecule has 0 bridgehead atoms. The predicted octanol–water partition coefficient (Wildman–Crippen LogP) is 1.76. The average Bonchev–Trinajstić information content (AvgIpc) is 2.39. The molecule has 2 heterocycles. The average molecular weight is 249 g/mol. The lowest BCUT2D eigenvalue weighted by atomic mass is 10.1. The van der Waals surface area contributed by atoms with Gasteiger partial charge in [0.1, 0.15) is 0 Å². The molecule has 0 radical (unpaired) electrons. The maximum atomic E-state index is 10.9. The van der Waals surface area contributed by atoms with Crippen molar-refractivity contribution < 1.29 is 14.8 Å². The lowest BCUT2D eigenvalue weighted by molar-refractivity contribution is -0.389. The predicted molar refractivity (Wildman–Crippen MR) is 63.1 cm³/mol. The van der Waals surface area contributed by atoms with E-state index in [1.807, 2.05) is 6.08 Å². The molecule has 18 heavy (non-hydrogen) atoms. The fourth-order valence-corrected chi connectivity index (χ4v) is 1.80. The van der Waals surface area contributed by atoms with Gasteiger partial charge in [0, 0.05) is 18.2 Å². The van der Waals surface area contributed by atoms with E-state index in [0.29, 0.717) is 24.2 Å². The molecule has 1 aliphatic heterocycles. The quantitative estimate of drug-likeness (QED) is 0.636. The van der Waals surface area contributed by atoms with E-state index in [1.165, 1.54) is 11.0 Å². The molecule has 0 atom stereocenters. The molecule has 7 nitrogen and oxygen atoms in total. The highest BCUT2D eigenvalue weighted by Gasteiger charge is 2.21. The van der Waals surface area contributed by atoms with Crippen LogP contribution in [0.25, 0.3) is 5.57 Å². The minimum atomic E-state index is -0.994. The first-order valence-electron chi connectivity index (χ1n) is 5.36. The highest BCUT2D eigenvalue weighted by atomic mass is 16.6. The smallest absolute Gasteiger partial charge is 0.407 e. The van der Waals surface area contributed by atoms with Crippen molar-refractivity contribution in [2.75, 3.05) is 13.1 Å². The zero-order chi connectivity index (χ0) is 13.1. The molecule has 0 unspecified atom stereocenters. The summed E-state index contributed by atoms with van der Waals surface area (Å²) in [4.78, 5) is 26.1. The number of aromatic nitrogens is 1. The van der Waals surface area contributed by atoms with Crippen LogP contribution in [0.5, 0.6) is 0 Å². The van der Waals surface area contributed by atoms with Crippen LogP contribution >= 0.6 is 0 Å². The minimum absolute atomic E-state index is 0.212. The number of hydrogen-bond acceptors (Lipinski definition) is 4. The van der Waals surface area contributed by atoms with Gasteiger partial charge in [-0.3, -0.25) is 0 Å². The second-order valence-corrected chi connectivity index (χ2v) is 3.86. The Labute approximate surface area is 103 Å². The van der Waals surface area contributed by atoms with Crippen LogP contribution in [0.2, 0.25) is 0 Å². The first kappa shape index (κ1) is 12.0. The third-order valence-electron chi connectivity index (χ3n) is 2.67. The zero-order valence-corrected chi connectivity index (χ0v) is 9.44. The Balaban J connectivity index is 2.26. The molecule has 0 aliphatic carbocycles. The molecule has 1 amide bonds. The van der Waals surface area contributed by atoms with Crippen LogP contribution in [-0.4, -0.2) is 39.1 Å². The molecule has 0 saturated heterocycles. The Morgan fingerprint density at radius 3 is 2.94 bits per heavy atom. The van der Waals surface area contributed by atoms with Crippen molar-refractivity contribution in [1.82, 2.24) is 9.88 Å². The Morgan fingerprint density at radius 2 is 2.28 bits per heavy atom. The standard InChI is InChI=1S/C11H11N3O4/c15-11(16)13-6-2-3-8(7-13)9-4-1-5-10(12-9)14(17)18/h1,3-5H,2,6-7H2,(H,15,16). The number of nitro groups is 1. The number of carbonyl (C=O) groups is 1. The number of pyridine rings is 1. The second-order valence-electron chi connectivity index (χ2n) is 3.86. The van der Waals surface area contributed by atoms with E-state index in [2.05, 4.69) is 4.98 Å². The third-order valence-corrected chi connectivity index (χ3v) is 2.67. The maximum absolute atomic E-state index is 10.9. The number of carboxylic acid groups (broad SMARTS) is 1. The summed E-state index contributed by atoms with van der Waals surface area (Å²) in [6.45, 7) is 0.650. The normalized spacial score (nSPS) is 15.1. The number of rotatable bonds is 2. The van der Waals surface area contributed by atoms with E-state index in [9.17, 15) is 14.9 Å². The fourth-order valence-electron chi connectivity index (χ4n) is 1.80. The SMILES string of the molecule is O=C(O)N1CCC=C(c2cccc([N+](=O)[O-])n2)C1. The molecule has 2 rings (SSSR count). The largest absolute Gasteiger partial charge is 0.465 e. The molecular weight excluding hydrogens is 238 g/mol. The summed E-state index contributed by atoms with van der Waals surface area (Å²) in [5.74, 6) is -0.235. The van der Waals surface area contributed by atoms with Gasteiger partial charge in [-0.25, -0.2) is 4.79 Å². The molecule has 1 aromatic rings. The van der Waals surface area contributed by atoms with Crippen LogP contribution in [-0.2, 0) is 0 Å². The first-order chi connectivity index (χ1) is 8.58. The molecule has 1 N–H and O–H groups in total. The van der Waals surface area contributed by atoms with E-state index in [4.69, 9.17) is 5.11 Å². The van der Waals surface area contributed by atoms with Gasteiger partial charge in [0.15, 0.2) is 5.69 Å². The van der Waals surface area contributed by atoms with Gasteiger partial charge >= 0.3 is 11.9 Å².